The van der Waals surface area contributed by atoms with E-state index in [9.17, 15) is 0 Å². The first-order valence-electron chi connectivity index (χ1n) is 5.26. The Labute approximate surface area is 111 Å². The standard InChI is InChI=1S/C12H10Br2N2/c13-9-4-2-1-3-8(9)12-10(14)11(15-16-12)7-5-6-7/h1-4,7H,5-6H2,(H,15,16). The fourth-order valence-electron chi connectivity index (χ4n) is 1.82. The van der Waals surface area contributed by atoms with Gasteiger partial charge in [0.05, 0.1) is 10.2 Å². The normalized spacial score (nSPS) is 15.4. The number of nitrogens with zero attached hydrogens (tertiary/aromatic N) is 1. The molecule has 2 nitrogen and oxygen atoms in total. The molecule has 16 heavy (non-hydrogen) atoms. The van der Waals surface area contributed by atoms with Gasteiger partial charge >= 0.3 is 0 Å². The predicted octanol–water partition coefficient (Wildman–Crippen LogP) is 4.48. The Bertz CT molecular complexity index is 530. The van der Waals surface area contributed by atoms with Crippen LogP contribution in [0, 0.1) is 0 Å². The SMILES string of the molecule is Brc1ccccc1-c1n[nH]c(C2CC2)c1Br. The van der Waals surface area contributed by atoms with Gasteiger partial charge in [0.15, 0.2) is 0 Å². The van der Waals surface area contributed by atoms with Crippen molar-refractivity contribution in [1.29, 1.82) is 0 Å². The van der Waals surface area contributed by atoms with Gasteiger partial charge in [0, 0.05) is 16.0 Å². The minimum Gasteiger partial charge on any atom is -0.280 e. The fourth-order valence-corrected chi connectivity index (χ4v) is 3.00. The molecule has 1 N–H and O–H groups in total. The summed E-state index contributed by atoms with van der Waals surface area (Å²) in [7, 11) is 0. The Morgan fingerprint density at radius 2 is 1.94 bits per heavy atom. The first kappa shape index (κ1) is 10.5. The molecule has 1 aliphatic rings. The van der Waals surface area contributed by atoms with Gasteiger partial charge in [-0.1, -0.05) is 34.1 Å². The van der Waals surface area contributed by atoms with E-state index in [-0.39, 0.29) is 0 Å². The average molecular weight is 342 g/mol. The van der Waals surface area contributed by atoms with Gasteiger partial charge in [-0.3, -0.25) is 5.10 Å². The van der Waals surface area contributed by atoms with Gasteiger partial charge in [-0.05, 0) is 34.8 Å². The van der Waals surface area contributed by atoms with Crippen LogP contribution in [0.25, 0.3) is 11.3 Å². The molecule has 0 saturated heterocycles. The minimum atomic E-state index is 0.679. The molecule has 0 bridgehead atoms. The van der Waals surface area contributed by atoms with Crippen LogP contribution in [0.2, 0.25) is 0 Å². The quantitative estimate of drug-likeness (QED) is 0.857. The molecule has 3 rings (SSSR count). The zero-order chi connectivity index (χ0) is 11.1. The maximum absolute atomic E-state index is 4.41. The van der Waals surface area contributed by atoms with E-state index in [1.807, 2.05) is 18.2 Å². The lowest BCUT2D eigenvalue weighted by Crippen LogP contribution is -1.80. The van der Waals surface area contributed by atoms with Crippen molar-refractivity contribution in [1.82, 2.24) is 10.2 Å². The molecule has 1 saturated carbocycles. The monoisotopic (exact) mass is 340 g/mol. The Morgan fingerprint density at radius 1 is 1.19 bits per heavy atom. The summed E-state index contributed by atoms with van der Waals surface area (Å²) in [6, 6.07) is 8.14. The maximum atomic E-state index is 4.41. The number of aromatic amines is 1. The van der Waals surface area contributed by atoms with Gasteiger partial charge in [0.1, 0.15) is 5.69 Å². The van der Waals surface area contributed by atoms with Gasteiger partial charge in [0.2, 0.25) is 0 Å². The maximum Gasteiger partial charge on any atom is 0.108 e. The summed E-state index contributed by atoms with van der Waals surface area (Å²) in [5.41, 5.74) is 3.36. The number of halogens is 2. The van der Waals surface area contributed by atoms with Crippen LogP contribution in [-0.2, 0) is 0 Å². The highest BCUT2D eigenvalue weighted by molar-refractivity contribution is 9.11. The first-order valence-corrected chi connectivity index (χ1v) is 6.84. The number of aromatic nitrogens is 2. The van der Waals surface area contributed by atoms with Crippen LogP contribution in [-0.4, -0.2) is 10.2 Å². The molecular formula is C12H10Br2N2. The van der Waals surface area contributed by atoms with Crippen LogP contribution in [0.1, 0.15) is 24.5 Å². The molecule has 0 atom stereocenters. The van der Waals surface area contributed by atoms with Crippen molar-refractivity contribution in [2.75, 3.05) is 0 Å². The lowest BCUT2D eigenvalue weighted by atomic mass is 10.1. The highest BCUT2D eigenvalue weighted by atomic mass is 79.9. The smallest absolute Gasteiger partial charge is 0.108 e. The van der Waals surface area contributed by atoms with E-state index >= 15 is 0 Å². The van der Waals surface area contributed by atoms with Gasteiger partial charge in [-0.15, -0.1) is 0 Å². The molecule has 1 heterocycles. The van der Waals surface area contributed by atoms with E-state index in [0.717, 1.165) is 20.2 Å². The van der Waals surface area contributed by atoms with Crippen molar-refractivity contribution in [2.24, 2.45) is 0 Å². The third-order valence-corrected chi connectivity index (χ3v) is 4.34. The lowest BCUT2D eigenvalue weighted by Gasteiger charge is -2.01. The summed E-state index contributed by atoms with van der Waals surface area (Å²) in [4.78, 5) is 0. The number of H-pyrrole nitrogens is 1. The Hall–Kier alpha value is -0.610. The topological polar surface area (TPSA) is 28.7 Å². The van der Waals surface area contributed by atoms with E-state index in [1.165, 1.54) is 18.5 Å². The van der Waals surface area contributed by atoms with Crippen molar-refractivity contribution >= 4 is 31.9 Å². The fraction of sp³-hybridized carbons (Fsp3) is 0.250. The largest absolute Gasteiger partial charge is 0.280 e. The first-order chi connectivity index (χ1) is 7.77. The van der Waals surface area contributed by atoms with Crippen molar-refractivity contribution in [3.8, 4) is 11.3 Å². The Morgan fingerprint density at radius 3 is 2.62 bits per heavy atom. The predicted molar refractivity (Wildman–Crippen MR) is 71.4 cm³/mol. The van der Waals surface area contributed by atoms with Gasteiger partial charge in [0.25, 0.3) is 0 Å². The highest BCUT2D eigenvalue weighted by Gasteiger charge is 2.29. The van der Waals surface area contributed by atoms with Crippen LogP contribution in [0.5, 0.6) is 0 Å². The molecule has 2 aromatic rings. The highest BCUT2D eigenvalue weighted by Crippen LogP contribution is 2.45. The van der Waals surface area contributed by atoms with Gasteiger partial charge in [-0.25, -0.2) is 0 Å². The van der Waals surface area contributed by atoms with E-state index in [2.05, 4.69) is 48.1 Å². The summed E-state index contributed by atoms with van der Waals surface area (Å²) < 4.78 is 2.19. The minimum absolute atomic E-state index is 0.679. The average Bonchev–Trinajstić information content (AvgIpc) is 3.05. The Balaban J connectivity index is 2.10. The lowest BCUT2D eigenvalue weighted by molar-refractivity contribution is 0.963. The second-order valence-electron chi connectivity index (χ2n) is 4.05. The van der Waals surface area contributed by atoms with Crippen LogP contribution >= 0.6 is 31.9 Å². The Kier molecular flexibility index (Phi) is 2.64. The van der Waals surface area contributed by atoms with Crippen LogP contribution in [0.15, 0.2) is 33.2 Å². The van der Waals surface area contributed by atoms with Crippen molar-refractivity contribution in [3.05, 3.63) is 38.9 Å². The summed E-state index contributed by atoms with van der Waals surface area (Å²) in [6.07, 6.45) is 2.55. The summed E-state index contributed by atoms with van der Waals surface area (Å²) >= 11 is 7.20. The third-order valence-electron chi connectivity index (χ3n) is 2.85. The molecule has 1 aromatic carbocycles. The van der Waals surface area contributed by atoms with Crippen molar-refractivity contribution < 1.29 is 0 Å². The van der Waals surface area contributed by atoms with Crippen LogP contribution in [0.4, 0.5) is 0 Å². The number of nitrogens with one attached hydrogen (secondary N) is 1. The zero-order valence-electron chi connectivity index (χ0n) is 8.50. The molecular weight excluding hydrogens is 332 g/mol. The van der Waals surface area contributed by atoms with Gasteiger partial charge in [-0.2, -0.15) is 5.10 Å². The number of hydrogen-bond donors (Lipinski definition) is 1. The molecule has 1 aromatic heterocycles. The molecule has 0 unspecified atom stereocenters. The molecule has 1 aliphatic carbocycles. The van der Waals surface area contributed by atoms with Crippen LogP contribution < -0.4 is 0 Å². The molecule has 0 spiro atoms. The van der Waals surface area contributed by atoms with Crippen molar-refractivity contribution in [3.63, 3.8) is 0 Å². The van der Waals surface area contributed by atoms with Crippen LogP contribution in [0.3, 0.4) is 0 Å². The zero-order valence-corrected chi connectivity index (χ0v) is 11.7. The van der Waals surface area contributed by atoms with Crippen molar-refractivity contribution in [2.45, 2.75) is 18.8 Å². The second kappa shape index (κ2) is 4.00. The summed E-state index contributed by atoms with van der Waals surface area (Å²) in [5.74, 6) is 0.679. The van der Waals surface area contributed by atoms with E-state index in [4.69, 9.17) is 0 Å². The summed E-state index contributed by atoms with van der Waals surface area (Å²) in [5, 5.41) is 7.55. The molecule has 82 valence electrons. The molecule has 0 aliphatic heterocycles. The number of benzene rings is 1. The second-order valence-corrected chi connectivity index (χ2v) is 5.70. The van der Waals surface area contributed by atoms with Gasteiger partial charge < -0.3 is 0 Å². The molecule has 0 radical (unpaired) electrons. The van der Waals surface area contributed by atoms with E-state index in [1.54, 1.807) is 0 Å². The molecule has 1 fully saturated rings. The number of rotatable bonds is 2. The van der Waals surface area contributed by atoms with E-state index in [0.29, 0.717) is 5.92 Å². The molecule has 0 amide bonds. The summed E-state index contributed by atoms with van der Waals surface area (Å²) in [6.45, 7) is 0. The van der Waals surface area contributed by atoms with E-state index < -0.39 is 0 Å². The third kappa shape index (κ3) is 1.74. The number of hydrogen-bond acceptors (Lipinski definition) is 1. The molecule has 4 heteroatoms.